The Morgan fingerprint density at radius 2 is 1.80 bits per heavy atom. The number of hydrogen-bond acceptors (Lipinski definition) is 2. The van der Waals surface area contributed by atoms with E-state index in [1.165, 1.54) is 5.56 Å². The van der Waals surface area contributed by atoms with Crippen LogP contribution in [0.5, 0.6) is 0 Å². The van der Waals surface area contributed by atoms with E-state index >= 15 is 0 Å². The minimum absolute atomic E-state index is 0.682. The van der Waals surface area contributed by atoms with Gasteiger partial charge in [-0.05, 0) is 17.7 Å². The van der Waals surface area contributed by atoms with Crippen molar-refractivity contribution in [2.24, 2.45) is 0 Å². The Labute approximate surface area is 98.0 Å². The summed E-state index contributed by atoms with van der Waals surface area (Å²) in [5.41, 5.74) is 1.18. The lowest BCUT2D eigenvalue weighted by atomic mass is 10.2. The van der Waals surface area contributed by atoms with Crippen molar-refractivity contribution in [3.05, 3.63) is 46.7 Å². The highest BCUT2D eigenvalue weighted by atomic mass is 79.9. The van der Waals surface area contributed by atoms with E-state index in [0.717, 1.165) is 17.2 Å². The predicted molar refractivity (Wildman–Crippen MR) is 62.9 cm³/mol. The molecule has 1 aromatic carbocycles. The van der Waals surface area contributed by atoms with Crippen molar-refractivity contribution in [1.82, 2.24) is 0 Å². The average molecular weight is 268 g/mol. The summed E-state index contributed by atoms with van der Waals surface area (Å²) in [6, 6.07) is 8.16. The highest BCUT2D eigenvalue weighted by molar-refractivity contribution is 9.10. The molecule has 1 saturated heterocycles. The molecule has 1 heterocycles. The van der Waals surface area contributed by atoms with Crippen LogP contribution in [0.15, 0.2) is 34.8 Å². The van der Waals surface area contributed by atoms with Crippen LogP contribution in [-0.4, -0.2) is 13.2 Å². The average Bonchev–Trinajstić information content (AvgIpc) is 2.74. The maximum atomic E-state index is 5.25. The summed E-state index contributed by atoms with van der Waals surface area (Å²) in [5.74, 6) is 0. The summed E-state index contributed by atoms with van der Waals surface area (Å²) in [6.07, 6.45) is 5.56. The molecule has 0 spiro atoms. The molecule has 15 heavy (non-hydrogen) atoms. The third kappa shape index (κ3) is 3.45. The Morgan fingerprint density at radius 3 is 2.47 bits per heavy atom. The van der Waals surface area contributed by atoms with E-state index in [4.69, 9.17) is 9.47 Å². The molecule has 1 fully saturated rings. The fraction of sp³-hybridized carbons (Fsp3) is 0.250. The zero-order valence-corrected chi connectivity index (χ0v) is 9.87. The lowest BCUT2D eigenvalue weighted by Crippen LogP contribution is -1.93. The van der Waals surface area contributed by atoms with Gasteiger partial charge >= 0.3 is 0 Å². The Morgan fingerprint density at radius 1 is 1.13 bits per heavy atom. The van der Waals surface area contributed by atoms with Crippen molar-refractivity contribution < 1.29 is 9.47 Å². The van der Waals surface area contributed by atoms with Crippen molar-refractivity contribution in [2.45, 2.75) is 6.42 Å². The van der Waals surface area contributed by atoms with Gasteiger partial charge in [-0.3, -0.25) is 0 Å². The SMILES string of the molecule is Brc1ccc(C=CC[C]2OCCO2)cc1. The first kappa shape index (κ1) is 10.9. The van der Waals surface area contributed by atoms with Crippen LogP contribution in [0.25, 0.3) is 6.08 Å². The minimum atomic E-state index is 0.682. The van der Waals surface area contributed by atoms with E-state index in [9.17, 15) is 0 Å². The number of hydrogen-bond donors (Lipinski definition) is 0. The van der Waals surface area contributed by atoms with E-state index in [1.54, 1.807) is 0 Å². The maximum absolute atomic E-state index is 5.25. The quantitative estimate of drug-likeness (QED) is 0.836. The largest absolute Gasteiger partial charge is 0.343 e. The van der Waals surface area contributed by atoms with Gasteiger partial charge in [-0.2, -0.15) is 0 Å². The van der Waals surface area contributed by atoms with Gasteiger partial charge in [0.25, 0.3) is 0 Å². The third-order valence-electron chi connectivity index (χ3n) is 2.07. The van der Waals surface area contributed by atoms with Gasteiger partial charge in [0.15, 0.2) is 0 Å². The first-order chi connectivity index (χ1) is 7.34. The van der Waals surface area contributed by atoms with Crippen LogP contribution in [0.4, 0.5) is 0 Å². The van der Waals surface area contributed by atoms with Crippen LogP contribution in [0, 0.1) is 6.29 Å². The summed E-state index contributed by atoms with van der Waals surface area (Å²) in [7, 11) is 0. The molecule has 1 aliphatic rings. The summed E-state index contributed by atoms with van der Waals surface area (Å²) in [4.78, 5) is 0. The van der Waals surface area contributed by atoms with Crippen LogP contribution < -0.4 is 0 Å². The second-order valence-electron chi connectivity index (χ2n) is 3.23. The van der Waals surface area contributed by atoms with Crippen molar-refractivity contribution in [3.63, 3.8) is 0 Å². The molecule has 3 heteroatoms. The molecule has 0 unspecified atom stereocenters. The highest BCUT2D eigenvalue weighted by Crippen LogP contribution is 2.17. The second-order valence-corrected chi connectivity index (χ2v) is 4.14. The van der Waals surface area contributed by atoms with Crippen LogP contribution in [0.3, 0.4) is 0 Å². The molecule has 2 rings (SSSR count). The number of benzene rings is 1. The Bertz CT molecular complexity index is 326. The lowest BCUT2D eigenvalue weighted by molar-refractivity contribution is 0.0736. The molecule has 0 atom stereocenters. The van der Waals surface area contributed by atoms with E-state index in [2.05, 4.69) is 34.1 Å². The molecule has 79 valence electrons. The zero-order chi connectivity index (χ0) is 10.5. The molecule has 2 nitrogen and oxygen atoms in total. The van der Waals surface area contributed by atoms with Crippen LogP contribution in [0.1, 0.15) is 12.0 Å². The number of rotatable bonds is 3. The molecule has 0 aromatic heterocycles. The second kappa shape index (κ2) is 5.45. The van der Waals surface area contributed by atoms with Crippen molar-refractivity contribution >= 4 is 22.0 Å². The third-order valence-corrected chi connectivity index (χ3v) is 2.60. The zero-order valence-electron chi connectivity index (χ0n) is 8.28. The van der Waals surface area contributed by atoms with Crippen LogP contribution >= 0.6 is 15.9 Å². The molecule has 1 radical (unpaired) electrons. The van der Waals surface area contributed by atoms with E-state index in [0.29, 0.717) is 13.2 Å². The first-order valence-corrected chi connectivity index (χ1v) is 5.67. The van der Waals surface area contributed by atoms with E-state index < -0.39 is 0 Å². The van der Waals surface area contributed by atoms with Crippen molar-refractivity contribution in [2.75, 3.05) is 13.2 Å². The maximum Gasteiger partial charge on any atom is 0.227 e. The van der Waals surface area contributed by atoms with Gasteiger partial charge < -0.3 is 9.47 Å². The van der Waals surface area contributed by atoms with Gasteiger partial charge in [0.1, 0.15) is 0 Å². The summed E-state index contributed by atoms with van der Waals surface area (Å²) >= 11 is 3.40. The predicted octanol–water partition coefficient (Wildman–Crippen LogP) is 3.39. The Balaban J connectivity index is 1.85. The Kier molecular flexibility index (Phi) is 3.94. The molecule has 0 saturated carbocycles. The minimum Gasteiger partial charge on any atom is -0.343 e. The monoisotopic (exact) mass is 267 g/mol. The van der Waals surface area contributed by atoms with Gasteiger partial charge in [-0.1, -0.05) is 40.2 Å². The topological polar surface area (TPSA) is 18.5 Å². The number of ether oxygens (including phenoxy) is 2. The van der Waals surface area contributed by atoms with Crippen molar-refractivity contribution in [1.29, 1.82) is 0 Å². The summed E-state index contributed by atoms with van der Waals surface area (Å²) in [5, 5.41) is 0. The summed E-state index contributed by atoms with van der Waals surface area (Å²) in [6.45, 7) is 1.36. The molecule has 0 bridgehead atoms. The Hall–Kier alpha value is -0.640. The van der Waals surface area contributed by atoms with Crippen molar-refractivity contribution in [3.8, 4) is 0 Å². The van der Waals surface area contributed by atoms with Gasteiger partial charge in [-0.15, -0.1) is 0 Å². The summed E-state index contributed by atoms with van der Waals surface area (Å²) < 4.78 is 11.6. The number of halogens is 1. The van der Waals surface area contributed by atoms with Gasteiger partial charge in [0.2, 0.25) is 6.29 Å². The molecular weight excluding hydrogens is 256 g/mol. The fourth-order valence-corrected chi connectivity index (χ4v) is 1.60. The molecule has 0 amide bonds. The molecule has 0 aliphatic carbocycles. The molecule has 1 aliphatic heterocycles. The van der Waals surface area contributed by atoms with Gasteiger partial charge in [-0.25, -0.2) is 0 Å². The fourth-order valence-electron chi connectivity index (χ4n) is 1.34. The van der Waals surface area contributed by atoms with Gasteiger partial charge in [0.05, 0.1) is 13.2 Å². The van der Waals surface area contributed by atoms with Crippen LogP contribution in [0.2, 0.25) is 0 Å². The lowest BCUT2D eigenvalue weighted by Gasteiger charge is -2.01. The smallest absolute Gasteiger partial charge is 0.227 e. The van der Waals surface area contributed by atoms with Crippen LogP contribution in [-0.2, 0) is 9.47 Å². The molecule has 1 aromatic rings. The van der Waals surface area contributed by atoms with E-state index in [1.807, 2.05) is 18.2 Å². The van der Waals surface area contributed by atoms with E-state index in [-0.39, 0.29) is 0 Å². The molecular formula is C12H12BrO2. The standard InChI is InChI=1S/C12H12BrO2/c13-11-6-4-10(5-7-11)2-1-3-12-14-8-9-15-12/h1-2,4-7H,3,8-9H2. The normalized spacial score (nSPS) is 17.7. The van der Waals surface area contributed by atoms with Gasteiger partial charge in [0, 0.05) is 10.9 Å². The highest BCUT2D eigenvalue weighted by Gasteiger charge is 2.15. The molecule has 0 N–H and O–H groups in total. The first-order valence-electron chi connectivity index (χ1n) is 4.88.